The van der Waals surface area contributed by atoms with E-state index >= 15 is 0 Å². The van der Waals surface area contributed by atoms with E-state index in [-0.39, 0.29) is 11.0 Å². The molecule has 0 aliphatic heterocycles. The molecule has 2 heterocycles. The van der Waals surface area contributed by atoms with Crippen LogP contribution in [-0.2, 0) is 6.42 Å². The van der Waals surface area contributed by atoms with Crippen LogP contribution >= 0.6 is 0 Å². The molecular formula is C33H41N3O3. The average molecular weight is 528 g/mol. The lowest BCUT2D eigenvalue weighted by Crippen LogP contribution is -2.36. The summed E-state index contributed by atoms with van der Waals surface area (Å²) in [4.78, 5) is 17.8. The standard InChI is InChI=1S/C33H41N3O3/c1-8-9-12-23-14-16-24(17-15-23)31(37)39-26-19-18-25(21-27(26)38-7)29-30(35-33(5,6)22-32(2,3)4)36-20-11-10-13-28(36)34-29/h10-11,13-21,35H,8-9,12,22H2,1-7H3. The van der Waals surface area contributed by atoms with E-state index in [2.05, 4.69) is 51.3 Å². The van der Waals surface area contributed by atoms with E-state index in [9.17, 15) is 4.79 Å². The minimum atomic E-state index is -0.415. The van der Waals surface area contributed by atoms with Gasteiger partial charge in [-0.3, -0.25) is 4.40 Å². The normalized spacial score (nSPS) is 12.0. The minimum absolute atomic E-state index is 0.154. The number of aryl methyl sites for hydroxylation is 1. The second-order valence-electron chi connectivity index (χ2n) is 12.0. The second-order valence-corrected chi connectivity index (χ2v) is 12.0. The molecule has 6 heteroatoms. The van der Waals surface area contributed by atoms with Gasteiger partial charge in [-0.15, -0.1) is 0 Å². The molecule has 1 N–H and O–H groups in total. The zero-order valence-corrected chi connectivity index (χ0v) is 24.3. The van der Waals surface area contributed by atoms with Crippen LogP contribution in [-0.4, -0.2) is 28.0 Å². The zero-order valence-electron chi connectivity index (χ0n) is 24.3. The third kappa shape index (κ3) is 6.99. The molecule has 0 saturated carbocycles. The summed E-state index contributed by atoms with van der Waals surface area (Å²) in [7, 11) is 1.58. The Balaban J connectivity index is 1.63. The van der Waals surface area contributed by atoms with Crippen LogP contribution in [0.1, 0.15) is 76.7 Å². The highest BCUT2D eigenvalue weighted by atomic mass is 16.6. The van der Waals surface area contributed by atoms with Crippen molar-refractivity contribution in [1.29, 1.82) is 0 Å². The SMILES string of the molecule is CCCCc1ccc(C(=O)Oc2ccc(-c3nc4ccccn4c3NC(C)(C)CC(C)(C)C)cc2OC)cc1. The molecule has 0 amide bonds. The predicted molar refractivity (Wildman–Crippen MR) is 159 cm³/mol. The van der Waals surface area contributed by atoms with Crippen LogP contribution in [0.3, 0.4) is 0 Å². The smallest absolute Gasteiger partial charge is 0.343 e. The first-order valence-corrected chi connectivity index (χ1v) is 13.7. The topological polar surface area (TPSA) is 64.9 Å². The molecule has 0 radical (unpaired) electrons. The molecule has 0 atom stereocenters. The van der Waals surface area contributed by atoms with Crippen molar-refractivity contribution in [2.45, 2.75) is 72.8 Å². The van der Waals surface area contributed by atoms with Crippen LogP contribution in [0.4, 0.5) is 5.82 Å². The van der Waals surface area contributed by atoms with E-state index in [1.807, 2.05) is 60.8 Å². The predicted octanol–water partition coefficient (Wildman–Crippen LogP) is 8.20. The van der Waals surface area contributed by atoms with E-state index in [0.29, 0.717) is 17.1 Å². The number of anilines is 1. The molecule has 39 heavy (non-hydrogen) atoms. The Labute approximate surface area is 232 Å². The molecule has 2 aromatic heterocycles. The Kier molecular flexibility index (Phi) is 8.34. The maximum Gasteiger partial charge on any atom is 0.343 e. The summed E-state index contributed by atoms with van der Waals surface area (Å²) in [6, 6.07) is 19.2. The molecular weight excluding hydrogens is 486 g/mol. The number of methoxy groups -OCH3 is 1. The molecule has 6 nitrogen and oxygen atoms in total. The van der Waals surface area contributed by atoms with Crippen LogP contribution in [0.5, 0.6) is 11.5 Å². The van der Waals surface area contributed by atoms with Crippen molar-refractivity contribution >= 4 is 17.4 Å². The van der Waals surface area contributed by atoms with Crippen molar-refractivity contribution in [2.24, 2.45) is 5.41 Å². The van der Waals surface area contributed by atoms with Crippen LogP contribution in [0.2, 0.25) is 0 Å². The number of unbranched alkanes of at least 4 members (excludes halogenated alkanes) is 1. The number of rotatable bonds is 10. The minimum Gasteiger partial charge on any atom is -0.493 e. The molecule has 0 aliphatic carbocycles. The average Bonchev–Trinajstić information content (AvgIpc) is 3.24. The highest BCUT2D eigenvalue weighted by Gasteiger charge is 2.28. The van der Waals surface area contributed by atoms with Crippen molar-refractivity contribution in [3.05, 3.63) is 78.0 Å². The summed E-state index contributed by atoms with van der Waals surface area (Å²) in [5, 5.41) is 3.76. The number of hydrogen-bond donors (Lipinski definition) is 1. The number of aromatic nitrogens is 2. The largest absolute Gasteiger partial charge is 0.493 e. The Bertz CT molecular complexity index is 1430. The van der Waals surface area contributed by atoms with Gasteiger partial charge in [0, 0.05) is 17.3 Å². The lowest BCUT2D eigenvalue weighted by Gasteiger charge is -2.34. The van der Waals surface area contributed by atoms with Crippen LogP contribution in [0.15, 0.2) is 66.9 Å². The molecule has 206 valence electrons. The number of hydrogen-bond acceptors (Lipinski definition) is 5. The Morgan fingerprint density at radius 2 is 1.72 bits per heavy atom. The second kappa shape index (κ2) is 11.5. The van der Waals surface area contributed by atoms with Gasteiger partial charge in [-0.05, 0) is 86.6 Å². The maximum absolute atomic E-state index is 12.9. The third-order valence-electron chi connectivity index (χ3n) is 6.61. The van der Waals surface area contributed by atoms with Gasteiger partial charge in [0.05, 0.1) is 12.7 Å². The number of nitrogens with zero attached hydrogens (tertiary/aromatic N) is 2. The molecule has 0 saturated heterocycles. The fourth-order valence-corrected chi connectivity index (χ4v) is 5.25. The summed E-state index contributed by atoms with van der Waals surface area (Å²) in [5.41, 5.74) is 4.23. The molecule has 4 aromatic rings. The molecule has 0 spiro atoms. The van der Waals surface area contributed by atoms with E-state index in [1.54, 1.807) is 13.2 Å². The van der Waals surface area contributed by atoms with Crippen LogP contribution in [0.25, 0.3) is 16.9 Å². The number of esters is 1. The monoisotopic (exact) mass is 527 g/mol. The van der Waals surface area contributed by atoms with Crippen molar-refractivity contribution in [2.75, 3.05) is 12.4 Å². The van der Waals surface area contributed by atoms with Crippen LogP contribution in [0, 0.1) is 5.41 Å². The van der Waals surface area contributed by atoms with Crippen molar-refractivity contribution < 1.29 is 14.3 Å². The van der Waals surface area contributed by atoms with Crippen molar-refractivity contribution in [3.63, 3.8) is 0 Å². The third-order valence-corrected chi connectivity index (χ3v) is 6.61. The van der Waals surface area contributed by atoms with Gasteiger partial charge in [0.1, 0.15) is 17.2 Å². The van der Waals surface area contributed by atoms with E-state index in [0.717, 1.165) is 48.4 Å². The molecule has 0 fully saturated rings. The highest BCUT2D eigenvalue weighted by molar-refractivity contribution is 5.91. The Hall–Kier alpha value is -3.80. The lowest BCUT2D eigenvalue weighted by atomic mass is 9.82. The highest BCUT2D eigenvalue weighted by Crippen LogP contribution is 2.38. The number of pyridine rings is 1. The van der Waals surface area contributed by atoms with Crippen LogP contribution < -0.4 is 14.8 Å². The quantitative estimate of drug-likeness (QED) is 0.166. The Morgan fingerprint density at radius 3 is 2.38 bits per heavy atom. The number of benzene rings is 2. The number of carbonyl (C=O) groups excluding carboxylic acids is 1. The number of imidazole rings is 1. The van der Waals surface area contributed by atoms with Gasteiger partial charge in [0.25, 0.3) is 0 Å². The fourth-order valence-electron chi connectivity index (χ4n) is 5.25. The molecule has 0 unspecified atom stereocenters. The van der Waals surface area contributed by atoms with Gasteiger partial charge in [-0.1, -0.05) is 52.3 Å². The van der Waals surface area contributed by atoms with Gasteiger partial charge < -0.3 is 14.8 Å². The summed E-state index contributed by atoms with van der Waals surface area (Å²) in [6.07, 6.45) is 6.26. The first-order chi connectivity index (χ1) is 18.5. The maximum atomic E-state index is 12.9. The number of carbonyl (C=O) groups is 1. The summed E-state index contributed by atoms with van der Waals surface area (Å²) in [5.74, 6) is 1.34. The van der Waals surface area contributed by atoms with E-state index < -0.39 is 5.97 Å². The lowest BCUT2D eigenvalue weighted by molar-refractivity contribution is 0.0729. The summed E-state index contributed by atoms with van der Waals surface area (Å²) >= 11 is 0. The zero-order chi connectivity index (χ0) is 28.2. The summed E-state index contributed by atoms with van der Waals surface area (Å²) in [6.45, 7) is 13.3. The number of nitrogens with one attached hydrogen (secondary N) is 1. The summed E-state index contributed by atoms with van der Waals surface area (Å²) < 4.78 is 13.5. The van der Waals surface area contributed by atoms with Gasteiger partial charge in [-0.25, -0.2) is 9.78 Å². The number of fused-ring (bicyclic) bond motifs is 1. The van der Waals surface area contributed by atoms with E-state index in [4.69, 9.17) is 14.5 Å². The van der Waals surface area contributed by atoms with Gasteiger partial charge in [0.2, 0.25) is 0 Å². The molecule has 0 aliphatic rings. The van der Waals surface area contributed by atoms with Gasteiger partial charge >= 0.3 is 5.97 Å². The number of ether oxygens (including phenoxy) is 2. The molecule has 0 bridgehead atoms. The van der Waals surface area contributed by atoms with Crippen molar-refractivity contribution in [1.82, 2.24) is 9.38 Å². The fraction of sp³-hybridized carbons (Fsp3) is 0.394. The molecule has 2 aromatic carbocycles. The first kappa shape index (κ1) is 28.2. The Morgan fingerprint density at radius 1 is 0.974 bits per heavy atom. The first-order valence-electron chi connectivity index (χ1n) is 13.7. The van der Waals surface area contributed by atoms with Crippen molar-refractivity contribution in [3.8, 4) is 22.8 Å². The van der Waals surface area contributed by atoms with Gasteiger partial charge in [0.15, 0.2) is 11.5 Å². The van der Waals surface area contributed by atoms with Gasteiger partial charge in [-0.2, -0.15) is 0 Å². The molecule has 4 rings (SSSR count). The van der Waals surface area contributed by atoms with E-state index in [1.165, 1.54) is 5.56 Å².